The van der Waals surface area contributed by atoms with E-state index in [2.05, 4.69) is 4.99 Å². The molecule has 0 atom stereocenters. The van der Waals surface area contributed by atoms with Crippen LogP contribution in [0.5, 0.6) is 5.75 Å². The molecule has 0 heterocycles. The summed E-state index contributed by atoms with van der Waals surface area (Å²) in [5.41, 5.74) is 1.75. The third-order valence-electron chi connectivity index (χ3n) is 2.15. The topological polar surface area (TPSA) is 47.6 Å². The van der Waals surface area contributed by atoms with Gasteiger partial charge >= 0.3 is 0 Å². The van der Waals surface area contributed by atoms with Gasteiger partial charge in [0.15, 0.2) is 5.75 Å². The number of aliphatic imine (C=N–C) groups is 1. The number of para-hydroxylation sites is 2. The summed E-state index contributed by atoms with van der Waals surface area (Å²) in [5.74, 6) is 5.77. The highest BCUT2D eigenvalue weighted by Gasteiger charge is 1.97. The fourth-order valence-electron chi connectivity index (χ4n) is 1.35. The molecule has 2 aromatic carbocycles. The van der Waals surface area contributed by atoms with Crippen LogP contribution >= 0.6 is 0 Å². The molecule has 0 spiro atoms. The summed E-state index contributed by atoms with van der Waals surface area (Å²) in [6.45, 7) is 0. The van der Waals surface area contributed by atoms with E-state index in [1.807, 2.05) is 48.5 Å². The summed E-state index contributed by atoms with van der Waals surface area (Å²) >= 11 is 0. The zero-order valence-corrected chi connectivity index (χ0v) is 8.71. The van der Waals surface area contributed by atoms with Gasteiger partial charge in [0.1, 0.15) is 0 Å². The van der Waals surface area contributed by atoms with Gasteiger partial charge in [0.05, 0.1) is 5.69 Å². The molecular formula is C13H12N2O. The molecule has 0 saturated heterocycles. The van der Waals surface area contributed by atoms with Crippen molar-refractivity contribution in [3.05, 3.63) is 60.2 Å². The van der Waals surface area contributed by atoms with E-state index in [0.29, 0.717) is 5.75 Å². The van der Waals surface area contributed by atoms with Crippen LogP contribution in [0.2, 0.25) is 0 Å². The van der Waals surface area contributed by atoms with Crippen LogP contribution in [0.4, 0.5) is 5.69 Å². The van der Waals surface area contributed by atoms with Crippen molar-refractivity contribution in [3.63, 3.8) is 0 Å². The van der Waals surface area contributed by atoms with Crippen LogP contribution in [-0.2, 0) is 0 Å². The Balaban J connectivity index is 2.24. The number of hydrogen-bond acceptors (Lipinski definition) is 3. The first-order valence-corrected chi connectivity index (χ1v) is 4.95. The van der Waals surface area contributed by atoms with E-state index in [4.69, 9.17) is 10.7 Å². The van der Waals surface area contributed by atoms with E-state index in [1.165, 1.54) is 0 Å². The van der Waals surface area contributed by atoms with Gasteiger partial charge in [-0.1, -0.05) is 30.3 Å². The summed E-state index contributed by atoms with van der Waals surface area (Å²) in [4.78, 5) is 9.07. The number of rotatable bonds is 3. The standard InChI is InChI=1S/C13H12N2O/c14-16-13-9-5-4-6-11(13)10-15-12-7-2-1-3-8-12/h1-10H,14H2. The molecule has 2 N–H and O–H groups in total. The Bertz CT molecular complexity index is 480. The van der Waals surface area contributed by atoms with Gasteiger partial charge in [0.2, 0.25) is 0 Å². The van der Waals surface area contributed by atoms with Crippen LogP contribution in [0.15, 0.2) is 59.6 Å². The molecule has 0 radical (unpaired) electrons. The van der Waals surface area contributed by atoms with Gasteiger partial charge in [-0.2, -0.15) is 5.90 Å². The monoisotopic (exact) mass is 212 g/mol. The van der Waals surface area contributed by atoms with Gasteiger partial charge in [0.25, 0.3) is 0 Å². The van der Waals surface area contributed by atoms with Crippen molar-refractivity contribution in [2.45, 2.75) is 0 Å². The first kappa shape index (κ1) is 10.4. The molecule has 2 aromatic rings. The van der Waals surface area contributed by atoms with Crippen LogP contribution in [-0.4, -0.2) is 6.21 Å². The van der Waals surface area contributed by atoms with E-state index in [0.717, 1.165) is 11.3 Å². The molecule has 80 valence electrons. The van der Waals surface area contributed by atoms with E-state index in [1.54, 1.807) is 12.3 Å². The van der Waals surface area contributed by atoms with Gasteiger partial charge < -0.3 is 4.84 Å². The van der Waals surface area contributed by atoms with Gasteiger partial charge in [-0.15, -0.1) is 0 Å². The SMILES string of the molecule is NOc1ccccc1C=Nc1ccccc1. The van der Waals surface area contributed by atoms with Crippen LogP contribution in [0, 0.1) is 0 Å². The molecule has 2 rings (SSSR count). The van der Waals surface area contributed by atoms with Gasteiger partial charge in [0, 0.05) is 11.8 Å². The lowest BCUT2D eigenvalue weighted by molar-refractivity contribution is 0.334. The van der Waals surface area contributed by atoms with E-state index >= 15 is 0 Å². The molecule has 0 unspecified atom stereocenters. The molecule has 16 heavy (non-hydrogen) atoms. The first-order chi connectivity index (χ1) is 7.90. The summed E-state index contributed by atoms with van der Waals surface area (Å²) < 4.78 is 0. The molecular weight excluding hydrogens is 200 g/mol. The second-order valence-electron chi connectivity index (χ2n) is 3.25. The Kier molecular flexibility index (Phi) is 3.31. The van der Waals surface area contributed by atoms with Crippen LogP contribution in [0.3, 0.4) is 0 Å². The molecule has 0 aliphatic carbocycles. The Hall–Kier alpha value is -2.13. The van der Waals surface area contributed by atoms with Gasteiger partial charge in [-0.25, -0.2) is 0 Å². The highest BCUT2D eigenvalue weighted by molar-refractivity contribution is 5.85. The molecule has 3 nitrogen and oxygen atoms in total. The van der Waals surface area contributed by atoms with Crippen molar-refractivity contribution in [2.75, 3.05) is 0 Å². The van der Waals surface area contributed by atoms with Crippen molar-refractivity contribution in [2.24, 2.45) is 10.9 Å². The van der Waals surface area contributed by atoms with E-state index in [-0.39, 0.29) is 0 Å². The summed E-state index contributed by atoms with van der Waals surface area (Å²) in [5, 5.41) is 0. The third-order valence-corrected chi connectivity index (χ3v) is 2.15. The lowest BCUT2D eigenvalue weighted by atomic mass is 10.2. The van der Waals surface area contributed by atoms with E-state index in [9.17, 15) is 0 Å². The summed E-state index contributed by atoms with van der Waals surface area (Å²) in [7, 11) is 0. The Morgan fingerprint density at radius 2 is 1.62 bits per heavy atom. The number of benzene rings is 2. The van der Waals surface area contributed by atoms with Gasteiger partial charge in [-0.05, 0) is 24.3 Å². The molecule has 0 bridgehead atoms. The predicted octanol–water partition coefficient (Wildman–Crippen LogP) is 2.69. The maximum atomic E-state index is 5.16. The average Bonchev–Trinajstić information content (AvgIpc) is 2.38. The third kappa shape index (κ3) is 2.46. The lowest BCUT2D eigenvalue weighted by Crippen LogP contribution is -2.03. The van der Waals surface area contributed by atoms with Crippen LogP contribution in [0.1, 0.15) is 5.56 Å². The Labute approximate surface area is 94.2 Å². The Morgan fingerprint density at radius 1 is 0.938 bits per heavy atom. The minimum Gasteiger partial charge on any atom is -0.411 e. The summed E-state index contributed by atoms with van der Waals surface area (Å²) in [6.07, 6.45) is 1.73. The smallest absolute Gasteiger partial charge is 0.155 e. The molecule has 0 aliphatic heterocycles. The van der Waals surface area contributed by atoms with Crippen molar-refractivity contribution in [3.8, 4) is 5.75 Å². The van der Waals surface area contributed by atoms with Crippen molar-refractivity contribution >= 4 is 11.9 Å². The van der Waals surface area contributed by atoms with Gasteiger partial charge in [-0.3, -0.25) is 4.99 Å². The maximum Gasteiger partial charge on any atom is 0.155 e. The normalized spacial score (nSPS) is 10.6. The quantitative estimate of drug-likeness (QED) is 0.628. The first-order valence-electron chi connectivity index (χ1n) is 4.95. The number of nitrogens with two attached hydrogens (primary N) is 1. The highest BCUT2D eigenvalue weighted by atomic mass is 16.6. The zero-order valence-electron chi connectivity index (χ0n) is 8.71. The predicted molar refractivity (Wildman–Crippen MR) is 65.0 cm³/mol. The fourth-order valence-corrected chi connectivity index (χ4v) is 1.35. The second-order valence-corrected chi connectivity index (χ2v) is 3.25. The largest absolute Gasteiger partial charge is 0.411 e. The highest BCUT2D eigenvalue weighted by Crippen LogP contribution is 2.16. The molecule has 0 aromatic heterocycles. The second kappa shape index (κ2) is 5.09. The molecule has 0 aliphatic rings. The Morgan fingerprint density at radius 3 is 2.38 bits per heavy atom. The zero-order chi connectivity index (χ0) is 11.2. The molecule has 3 heteroatoms. The molecule has 0 saturated carbocycles. The minimum atomic E-state index is 0.613. The lowest BCUT2D eigenvalue weighted by Gasteiger charge is -2.01. The molecule has 0 amide bonds. The van der Waals surface area contributed by atoms with Crippen LogP contribution < -0.4 is 10.7 Å². The van der Waals surface area contributed by atoms with Crippen molar-refractivity contribution in [1.29, 1.82) is 0 Å². The van der Waals surface area contributed by atoms with Crippen LogP contribution in [0.25, 0.3) is 0 Å². The van der Waals surface area contributed by atoms with Crippen molar-refractivity contribution < 1.29 is 4.84 Å². The van der Waals surface area contributed by atoms with Crippen molar-refractivity contribution in [1.82, 2.24) is 0 Å². The average molecular weight is 212 g/mol. The number of hydrogen-bond donors (Lipinski definition) is 1. The maximum absolute atomic E-state index is 5.16. The molecule has 0 fully saturated rings. The fraction of sp³-hybridized carbons (Fsp3) is 0. The number of nitrogens with zero attached hydrogens (tertiary/aromatic N) is 1. The summed E-state index contributed by atoms with van der Waals surface area (Å²) in [6, 6.07) is 17.2. The van der Waals surface area contributed by atoms with E-state index < -0.39 is 0 Å². The minimum absolute atomic E-state index is 0.613.